The zero-order valence-electron chi connectivity index (χ0n) is 10.2. The summed E-state index contributed by atoms with van der Waals surface area (Å²) in [5, 5.41) is 0. The van der Waals surface area contributed by atoms with E-state index < -0.39 is 0 Å². The molecule has 6 heteroatoms. The Balaban J connectivity index is 1.91. The lowest BCUT2D eigenvalue weighted by Gasteiger charge is -2.13. The molecule has 1 unspecified atom stereocenters. The van der Waals surface area contributed by atoms with E-state index in [1.54, 1.807) is 6.20 Å². The smallest absolute Gasteiger partial charge is 0.161 e. The van der Waals surface area contributed by atoms with E-state index in [4.69, 9.17) is 15.2 Å². The van der Waals surface area contributed by atoms with E-state index in [0.29, 0.717) is 19.0 Å². The lowest BCUT2D eigenvalue weighted by atomic mass is 10.1. The van der Waals surface area contributed by atoms with E-state index in [1.165, 1.54) is 0 Å². The first-order valence-electron chi connectivity index (χ1n) is 6.09. The highest BCUT2D eigenvalue weighted by atomic mass is 79.9. The molecule has 0 saturated carbocycles. The number of rotatable bonds is 2. The summed E-state index contributed by atoms with van der Waals surface area (Å²) in [4.78, 5) is 7.30. The van der Waals surface area contributed by atoms with Gasteiger partial charge in [-0.3, -0.25) is 0 Å². The van der Waals surface area contributed by atoms with Crippen molar-refractivity contribution >= 4 is 15.9 Å². The molecule has 0 saturated heterocycles. The summed E-state index contributed by atoms with van der Waals surface area (Å²) in [6.45, 7) is 1.35. The Morgan fingerprint density at radius 3 is 2.79 bits per heavy atom. The Morgan fingerprint density at radius 1 is 1.26 bits per heavy atom. The van der Waals surface area contributed by atoms with Crippen molar-refractivity contribution in [1.82, 2.24) is 9.97 Å². The summed E-state index contributed by atoms with van der Waals surface area (Å²) in [6, 6.07) is 5.44. The fourth-order valence-electron chi connectivity index (χ4n) is 2.00. The minimum absolute atomic E-state index is 0.316. The molecule has 3 rings (SSSR count). The monoisotopic (exact) mass is 323 g/mol. The van der Waals surface area contributed by atoms with E-state index in [1.807, 2.05) is 18.2 Å². The van der Waals surface area contributed by atoms with Crippen molar-refractivity contribution in [2.45, 2.75) is 12.5 Å². The normalized spacial score (nSPS) is 15.9. The first-order valence-corrected chi connectivity index (χ1v) is 6.89. The van der Waals surface area contributed by atoms with Gasteiger partial charge in [0.05, 0.1) is 25.5 Å². The zero-order chi connectivity index (χ0) is 13.2. The van der Waals surface area contributed by atoms with Crippen LogP contribution in [-0.4, -0.2) is 23.2 Å². The maximum Gasteiger partial charge on any atom is 0.161 e. The van der Waals surface area contributed by atoms with E-state index in [2.05, 4.69) is 25.9 Å². The van der Waals surface area contributed by atoms with Crippen molar-refractivity contribution in [3.63, 3.8) is 0 Å². The van der Waals surface area contributed by atoms with Gasteiger partial charge < -0.3 is 20.2 Å². The molecular weight excluding hydrogens is 310 g/mol. The molecule has 3 N–H and O–H groups in total. The van der Waals surface area contributed by atoms with Crippen LogP contribution in [0.1, 0.15) is 23.9 Å². The second-order valence-corrected chi connectivity index (χ2v) is 5.21. The molecule has 0 bridgehead atoms. The van der Waals surface area contributed by atoms with Crippen molar-refractivity contribution in [2.75, 3.05) is 13.2 Å². The van der Waals surface area contributed by atoms with Crippen LogP contribution in [0.15, 0.2) is 29.0 Å². The van der Waals surface area contributed by atoms with Crippen LogP contribution in [-0.2, 0) is 0 Å². The number of fused-ring (bicyclic) bond motifs is 1. The number of nitrogens with two attached hydrogens (primary N) is 1. The zero-order valence-corrected chi connectivity index (χ0v) is 11.8. The minimum atomic E-state index is -0.316. The van der Waals surface area contributed by atoms with Crippen molar-refractivity contribution in [1.29, 1.82) is 0 Å². The Kier molecular flexibility index (Phi) is 3.44. The number of halogens is 1. The van der Waals surface area contributed by atoms with E-state index in [9.17, 15) is 0 Å². The van der Waals surface area contributed by atoms with Crippen LogP contribution in [0.5, 0.6) is 11.5 Å². The van der Waals surface area contributed by atoms with Crippen LogP contribution in [0, 0.1) is 0 Å². The summed E-state index contributed by atoms with van der Waals surface area (Å²) in [5.74, 6) is 2.23. The van der Waals surface area contributed by atoms with E-state index in [0.717, 1.165) is 28.1 Å². The molecule has 1 aromatic heterocycles. The summed E-state index contributed by atoms with van der Waals surface area (Å²) < 4.78 is 12.1. The van der Waals surface area contributed by atoms with Crippen molar-refractivity contribution in [2.24, 2.45) is 5.73 Å². The van der Waals surface area contributed by atoms with Gasteiger partial charge in [-0.2, -0.15) is 0 Å². The highest BCUT2D eigenvalue weighted by molar-refractivity contribution is 9.10. The minimum Gasteiger partial charge on any atom is -0.490 e. The molecule has 0 fully saturated rings. The predicted octanol–water partition coefficient (Wildman–Crippen LogP) is 2.38. The lowest BCUT2D eigenvalue weighted by Crippen LogP contribution is -2.13. The van der Waals surface area contributed by atoms with Crippen LogP contribution in [0.4, 0.5) is 0 Å². The quantitative estimate of drug-likeness (QED) is 0.890. The number of nitrogens with zero attached hydrogens (tertiary/aromatic N) is 1. The average Bonchev–Trinajstić information content (AvgIpc) is 2.72. The number of aromatic amines is 1. The molecular formula is C13H14BrN3O2. The maximum atomic E-state index is 6.19. The SMILES string of the molecule is NC(c1ccc2c(c1)OCCCO2)c1ncc(Br)[nH]1. The summed E-state index contributed by atoms with van der Waals surface area (Å²) >= 11 is 3.33. The number of ether oxygens (including phenoxy) is 2. The molecule has 1 aliphatic rings. The van der Waals surface area contributed by atoms with E-state index >= 15 is 0 Å². The molecule has 0 amide bonds. The van der Waals surface area contributed by atoms with Crippen LogP contribution in [0.3, 0.4) is 0 Å². The molecule has 19 heavy (non-hydrogen) atoms. The van der Waals surface area contributed by atoms with Crippen molar-refractivity contribution in [3.05, 3.63) is 40.4 Å². The van der Waals surface area contributed by atoms with Gasteiger partial charge in [-0.05, 0) is 33.6 Å². The number of benzene rings is 1. The van der Waals surface area contributed by atoms with Gasteiger partial charge in [0.25, 0.3) is 0 Å². The lowest BCUT2D eigenvalue weighted by molar-refractivity contribution is 0.297. The van der Waals surface area contributed by atoms with Gasteiger partial charge in [0, 0.05) is 6.42 Å². The highest BCUT2D eigenvalue weighted by Gasteiger charge is 2.16. The number of hydrogen-bond acceptors (Lipinski definition) is 4. The molecule has 2 heterocycles. The van der Waals surface area contributed by atoms with Crippen molar-refractivity contribution < 1.29 is 9.47 Å². The predicted molar refractivity (Wildman–Crippen MR) is 74.4 cm³/mol. The number of H-pyrrole nitrogens is 1. The Morgan fingerprint density at radius 2 is 2.05 bits per heavy atom. The van der Waals surface area contributed by atoms with Crippen molar-refractivity contribution in [3.8, 4) is 11.5 Å². The number of hydrogen-bond donors (Lipinski definition) is 2. The third-order valence-electron chi connectivity index (χ3n) is 2.99. The molecule has 0 radical (unpaired) electrons. The van der Waals surface area contributed by atoms with Gasteiger partial charge >= 0.3 is 0 Å². The standard InChI is InChI=1S/C13H14BrN3O2/c14-11-7-16-13(17-11)12(15)8-2-3-9-10(6-8)19-5-1-4-18-9/h2-3,6-7,12H,1,4-5,15H2,(H,16,17). The summed E-state index contributed by atoms with van der Waals surface area (Å²) in [6.07, 6.45) is 2.58. The largest absolute Gasteiger partial charge is 0.490 e. The molecule has 1 aromatic carbocycles. The van der Waals surface area contributed by atoms with Crippen LogP contribution in [0.2, 0.25) is 0 Å². The summed E-state index contributed by atoms with van der Waals surface area (Å²) in [7, 11) is 0. The topological polar surface area (TPSA) is 73.2 Å². The molecule has 1 atom stereocenters. The summed E-state index contributed by atoms with van der Waals surface area (Å²) in [5.41, 5.74) is 7.13. The maximum absolute atomic E-state index is 6.19. The average molecular weight is 324 g/mol. The second kappa shape index (κ2) is 5.22. The highest BCUT2D eigenvalue weighted by Crippen LogP contribution is 2.32. The Bertz CT molecular complexity index is 585. The van der Waals surface area contributed by atoms with Crippen LogP contribution >= 0.6 is 15.9 Å². The fourth-order valence-corrected chi connectivity index (χ4v) is 2.31. The Labute approximate surface area is 119 Å². The number of nitrogens with one attached hydrogen (secondary N) is 1. The molecule has 1 aliphatic heterocycles. The van der Waals surface area contributed by atoms with Gasteiger partial charge in [0.15, 0.2) is 11.5 Å². The number of imidazole rings is 1. The number of aromatic nitrogens is 2. The molecule has 5 nitrogen and oxygen atoms in total. The molecule has 0 spiro atoms. The van der Waals surface area contributed by atoms with Gasteiger partial charge in [-0.25, -0.2) is 4.98 Å². The van der Waals surface area contributed by atoms with E-state index in [-0.39, 0.29) is 6.04 Å². The second-order valence-electron chi connectivity index (χ2n) is 4.35. The van der Waals surface area contributed by atoms with Gasteiger partial charge in [-0.15, -0.1) is 0 Å². The van der Waals surface area contributed by atoms with Gasteiger partial charge in [0.2, 0.25) is 0 Å². The third kappa shape index (κ3) is 2.59. The third-order valence-corrected chi connectivity index (χ3v) is 3.39. The fraction of sp³-hybridized carbons (Fsp3) is 0.308. The van der Waals surface area contributed by atoms with Gasteiger partial charge in [-0.1, -0.05) is 6.07 Å². The van der Waals surface area contributed by atoms with Gasteiger partial charge in [0.1, 0.15) is 10.4 Å². The first-order chi connectivity index (χ1) is 9.24. The first kappa shape index (κ1) is 12.5. The Hall–Kier alpha value is -1.53. The molecule has 2 aromatic rings. The molecule has 0 aliphatic carbocycles. The molecule has 100 valence electrons. The van der Waals surface area contributed by atoms with Crippen LogP contribution < -0.4 is 15.2 Å². The van der Waals surface area contributed by atoms with Crippen LogP contribution in [0.25, 0.3) is 0 Å².